The van der Waals surface area contributed by atoms with Crippen LogP contribution in [0.4, 0.5) is 0 Å². The lowest BCUT2D eigenvalue weighted by Crippen LogP contribution is -2.27. The van der Waals surface area contributed by atoms with E-state index in [-0.39, 0.29) is 10.5 Å². The fourth-order valence-corrected chi connectivity index (χ4v) is 3.20. The third-order valence-corrected chi connectivity index (χ3v) is 4.43. The van der Waals surface area contributed by atoms with Crippen LogP contribution in [0.1, 0.15) is 24.1 Å². The monoisotopic (exact) mass is 287 g/mol. The Kier molecular flexibility index (Phi) is 4.13. The van der Waals surface area contributed by atoms with Gasteiger partial charge in [0.05, 0.1) is 10.5 Å². The van der Waals surface area contributed by atoms with Crippen molar-refractivity contribution in [2.45, 2.75) is 17.9 Å². The molecule has 2 rings (SSSR count). The minimum absolute atomic E-state index is 0.0107. The summed E-state index contributed by atoms with van der Waals surface area (Å²) in [5.74, 6) is 0. The van der Waals surface area contributed by atoms with Gasteiger partial charge in [0.15, 0.2) is 0 Å². The predicted molar refractivity (Wildman–Crippen MR) is 74.1 cm³/mol. The summed E-state index contributed by atoms with van der Waals surface area (Å²) < 4.78 is 27.2. The highest BCUT2D eigenvalue weighted by molar-refractivity contribution is 7.89. The molecule has 1 atom stereocenters. The van der Waals surface area contributed by atoms with Crippen LogP contribution in [0.25, 0.3) is 0 Å². The summed E-state index contributed by atoms with van der Waals surface area (Å²) in [5, 5.41) is 8.98. The summed E-state index contributed by atoms with van der Waals surface area (Å²) in [6.07, 6.45) is 3.20. The number of aromatic nitrogens is 1. The van der Waals surface area contributed by atoms with Crippen LogP contribution in [0, 0.1) is 11.3 Å². The smallest absolute Gasteiger partial charge is 0.242 e. The first kappa shape index (κ1) is 14.2. The van der Waals surface area contributed by atoms with Crippen LogP contribution in [0.5, 0.6) is 0 Å². The minimum Gasteiger partial charge on any atom is -0.265 e. The number of nitrogens with zero attached hydrogens (tertiary/aromatic N) is 2. The van der Waals surface area contributed by atoms with Crippen molar-refractivity contribution in [3.05, 3.63) is 59.9 Å². The van der Waals surface area contributed by atoms with Crippen LogP contribution in [0.3, 0.4) is 0 Å². The van der Waals surface area contributed by atoms with Gasteiger partial charge in [-0.3, -0.25) is 4.98 Å². The van der Waals surface area contributed by atoms with Crippen LogP contribution >= 0.6 is 0 Å². The van der Waals surface area contributed by atoms with E-state index in [0.29, 0.717) is 0 Å². The molecule has 0 bridgehead atoms. The maximum atomic E-state index is 12.3. The van der Waals surface area contributed by atoms with Gasteiger partial charge in [0, 0.05) is 18.4 Å². The molecule has 1 unspecified atom stereocenters. The number of hydrogen-bond acceptors (Lipinski definition) is 4. The highest BCUT2D eigenvalue weighted by Gasteiger charge is 2.21. The van der Waals surface area contributed by atoms with Gasteiger partial charge in [-0.2, -0.15) is 5.26 Å². The zero-order chi connectivity index (χ0) is 14.6. The van der Waals surface area contributed by atoms with Crippen LogP contribution in [-0.4, -0.2) is 13.4 Å². The van der Waals surface area contributed by atoms with Crippen LogP contribution < -0.4 is 4.72 Å². The molecular weight excluding hydrogens is 274 g/mol. The van der Waals surface area contributed by atoms with Crippen molar-refractivity contribution in [3.63, 3.8) is 0 Å². The number of pyridine rings is 1. The summed E-state index contributed by atoms with van der Waals surface area (Å²) in [6, 6.07) is 11.1. The fraction of sp³-hybridized carbons (Fsp3) is 0.143. The number of benzene rings is 1. The third kappa shape index (κ3) is 3.02. The lowest BCUT2D eigenvalue weighted by Gasteiger charge is -2.15. The van der Waals surface area contributed by atoms with Crippen molar-refractivity contribution in [1.29, 1.82) is 5.26 Å². The molecule has 20 heavy (non-hydrogen) atoms. The zero-order valence-corrected chi connectivity index (χ0v) is 11.6. The van der Waals surface area contributed by atoms with E-state index in [9.17, 15) is 8.42 Å². The number of rotatable bonds is 4. The summed E-state index contributed by atoms with van der Waals surface area (Å²) in [4.78, 5) is 3.88. The summed E-state index contributed by atoms with van der Waals surface area (Å²) in [6.45, 7) is 1.74. The average molecular weight is 287 g/mol. The molecule has 5 nitrogen and oxygen atoms in total. The molecule has 0 aliphatic carbocycles. The molecule has 0 spiro atoms. The van der Waals surface area contributed by atoms with Gasteiger partial charge in [0.1, 0.15) is 6.07 Å². The second-order valence-electron chi connectivity index (χ2n) is 4.23. The second kappa shape index (κ2) is 5.82. The number of hydrogen-bond donors (Lipinski definition) is 1. The lowest BCUT2D eigenvalue weighted by molar-refractivity contribution is 0.566. The normalized spacial score (nSPS) is 12.6. The largest absolute Gasteiger partial charge is 0.265 e. The molecule has 6 heteroatoms. The standard InChI is InChI=1S/C14H13N3O2S/c1-11(12-6-8-16-9-7-12)17-20(18,19)14-5-3-2-4-13(14)10-15/h2-9,11,17H,1H3. The van der Waals surface area contributed by atoms with Gasteiger partial charge in [-0.05, 0) is 36.8 Å². The highest BCUT2D eigenvalue weighted by atomic mass is 32.2. The molecule has 1 aromatic carbocycles. The molecule has 0 aliphatic heterocycles. The van der Waals surface area contributed by atoms with E-state index in [1.54, 1.807) is 43.6 Å². The van der Waals surface area contributed by atoms with E-state index >= 15 is 0 Å². The second-order valence-corrected chi connectivity index (χ2v) is 5.91. The Morgan fingerprint density at radius 2 is 1.85 bits per heavy atom. The van der Waals surface area contributed by atoms with Gasteiger partial charge in [-0.15, -0.1) is 0 Å². The molecule has 102 valence electrons. The van der Waals surface area contributed by atoms with E-state index in [1.165, 1.54) is 12.1 Å². The quantitative estimate of drug-likeness (QED) is 0.932. The third-order valence-electron chi connectivity index (χ3n) is 2.84. The topological polar surface area (TPSA) is 82.9 Å². The molecule has 0 saturated heterocycles. The van der Waals surface area contributed by atoms with Crippen LogP contribution in [-0.2, 0) is 10.0 Å². The lowest BCUT2D eigenvalue weighted by atomic mass is 10.1. The molecule has 1 aromatic heterocycles. The molecule has 0 fully saturated rings. The molecule has 0 amide bonds. The molecule has 2 aromatic rings. The molecule has 1 heterocycles. The highest BCUT2D eigenvalue weighted by Crippen LogP contribution is 2.18. The molecule has 0 aliphatic rings. The van der Waals surface area contributed by atoms with Gasteiger partial charge in [0.2, 0.25) is 10.0 Å². The van der Waals surface area contributed by atoms with Crippen LogP contribution in [0.15, 0.2) is 53.7 Å². The van der Waals surface area contributed by atoms with E-state index in [4.69, 9.17) is 5.26 Å². The Morgan fingerprint density at radius 3 is 2.50 bits per heavy atom. The van der Waals surface area contributed by atoms with Crippen LogP contribution in [0.2, 0.25) is 0 Å². The SMILES string of the molecule is CC(NS(=O)(=O)c1ccccc1C#N)c1ccncc1. The Balaban J connectivity index is 2.31. The van der Waals surface area contributed by atoms with Crippen molar-refractivity contribution in [3.8, 4) is 6.07 Å². The molecule has 0 radical (unpaired) electrons. The molecule has 1 N–H and O–H groups in total. The van der Waals surface area contributed by atoms with Crippen molar-refractivity contribution in [2.24, 2.45) is 0 Å². The van der Waals surface area contributed by atoms with Crippen molar-refractivity contribution in [2.75, 3.05) is 0 Å². The van der Waals surface area contributed by atoms with Gasteiger partial charge < -0.3 is 0 Å². The first-order valence-corrected chi connectivity index (χ1v) is 7.44. The van der Waals surface area contributed by atoms with Crippen molar-refractivity contribution in [1.82, 2.24) is 9.71 Å². The Hall–Kier alpha value is -2.23. The van der Waals surface area contributed by atoms with E-state index < -0.39 is 16.1 Å². The fourth-order valence-electron chi connectivity index (χ4n) is 1.81. The van der Waals surface area contributed by atoms with E-state index in [2.05, 4.69) is 9.71 Å². The molecular formula is C14H13N3O2S. The zero-order valence-electron chi connectivity index (χ0n) is 10.8. The van der Waals surface area contributed by atoms with Gasteiger partial charge >= 0.3 is 0 Å². The first-order chi connectivity index (χ1) is 9.54. The number of sulfonamides is 1. The molecule has 0 saturated carbocycles. The first-order valence-electron chi connectivity index (χ1n) is 5.96. The Morgan fingerprint density at radius 1 is 1.20 bits per heavy atom. The maximum absolute atomic E-state index is 12.3. The van der Waals surface area contributed by atoms with Gasteiger partial charge in [0.25, 0.3) is 0 Å². The van der Waals surface area contributed by atoms with E-state index in [0.717, 1.165) is 5.56 Å². The van der Waals surface area contributed by atoms with Crippen molar-refractivity contribution < 1.29 is 8.42 Å². The minimum atomic E-state index is -3.74. The summed E-state index contributed by atoms with van der Waals surface area (Å²) in [7, 11) is -3.74. The number of nitriles is 1. The van der Waals surface area contributed by atoms with Crippen molar-refractivity contribution >= 4 is 10.0 Å². The number of nitrogens with one attached hydrogen (secondary N) is 1. The average Bonchev–Trinajstić information content (AvgIpc) is 2.47. The van der Waals surface area contributed by atoms with Gasteiger partial charge in [-0.1, -0.05) is 12.1 Å². The summed E-state index contributed by atoms with van der Waals surface area (Å²) >= 11 is 0. The van der Waals surface area contributed by atoms with Gasteiger partial charge in [-0.25, -0.2) is 13.1 Å². The predicted octanol–water partition coefficient (Wildman–Crippen LogP) is 1.99. The Labute approximate surface area is 118 Å². The Bertz CT molecular complexity index is 737. The summed E-state index contributed by atoms with van der Waals surface area (Å²) in [5.41, 5.74) is 0.931. The van der Waals surface area contributed by atoms with E-state index in [1.807, 2.05) is 6.07 Å². The maximum Gasteiger partial charge on any atom is 0.242 e.